The lowest BCUT2D eigenvalue weighted by molar-refractivity contribution is 0.0446. The molecule has 1 saturated heterocycles. The topological polar surface area (TPSA) is 54.4 Å². The van der Waals surface area contributed by atoms with Gasteiger partial charge in [0.1, 0.15) is 18.5 Å². The average Bonchev–Trinajstić information content (AvgIpc) is 3.17. The molecule has 1 fully saturated rings. The van der Waals surface area contributed by atoms with E-state index in [4.69, 9.17) is 37.4 Å². The van der Waals surface area contributed by atoms with Gasteiger partial charge in [0.05, 0.1) is 5.02 Å². The zero-order valence-electron chi connectivity index (χ0n) is 16.0. The summed E-state index contributed by atoms with van der Waals surface area (Å²) in [5, 5.41) is 11.3. The van der Waals surface area contributed by atoms with Crippen LogP contribution in [0.5, 0.6) is 17.2 Å². The maximum atomic E-state index is 10.3. The summed E-state index contributed by atoms with van der Waals surface area (Å²) in [6.07, 6.45) is -0.581. The highest BCUT2D eigenvalue weighted by molar-refractivity contribution is 6.35. The van der Waals surface area contributed by atoms with Crippen LogP contribution in [0.25, 0.3) is 0 Å². The third kappa shape index (κ3) is 5.47. The van der Waals surface area contributed by atoms with Gasteiger partial charge in [0.2, 0.25) is 6.79 Å². The second-order valence-corrected chi connectivity index (χ2v) is 8.15. The molecule has 1 N–H and O–H groups in total. The molecule has 0 spiro atoms. The summed E-state index contributed by atoms with van der Waals surface area (Å²) in [7, 11) is 0. The first-order valence-corrected chi connectivity index (χ1v) is 10.4. The van der Waals surface area contributed by atoms with Crippen molar-refractivity contribution >= 4 is 23.2 Å². The van der Waals surface area contributed by atoms with Crippen LogP contribution in [-0.2, 0) is 6.54 Å². The Morgan fingerprint density at radius 2 is 1.72 bits per heavy atom. The van der Waals surface area contributed by atoms with Crippen LogP contribution in [-0.4, -0.2) is 67.1 Å². The lowest BCUT2D eigenvalue weighted by Gasteiger charge is -2.35. The summed E-state index contributed by atoms with van der Waals surface area (Å²) < 4.78 is 16.5. The van der Waals surface area contributed by atoms with E-state index >= 15 is 0 Å². The van der Waals surface area contributed by atoms with E-state index in [-0.39, 0.29) is 6.61 Å². The van der Waals surface area contributed by atoms with E-state index in [2.05, 4.69) is 21.9 Å². The van der Waals surface area contributed by atoms with E-state index in [9.17, 15) is 5.11 Å². The number of aliphatic hydroxyl groups excluding tert-OH is 1. The van der Waals surface area contributed by atoms with Gasteiger partial charge in [0, 0.05) is 44.3 Å². The number of hydrogen-bond donors (Lipinski definition) is 1. The number of nitrogens with zero attached hydrogens (tertiary/aromatic N) is 2. The van der Waals surface area contributed by atoms with Crippen molar-refractivity contribution in [2.45, 2.75) is 12.6 Å². The van der Waals surface area contributed by atoms with Crippen molar-refractivity contribution in [3.05, 3.63) is 52.0 Å². The number of ether oxygens (including phenoxy) is 3. The first kappa shape index (κ1) is 20.6. The fourth-order valence-corrected chi connectivity index (χ4v) is 4.02. The van der Waals surface area contributed by atoms with E-state index in [0.717, 1.165) is 44.2 Å². The van der Waals surface area contributed by atoms with Crippen molar-refractivity contribution in [1.29, 1.82) is 0 Å². The molecular weight excluding hydrogens is 415 g/mol. The molecule has 4 rings (SSSR count). The number of benzene rings is 2. The van der Waals surface area contributed by atoms with E-state index in [0.29, 0.717) is 29.1 Å². The van der Waals surface area contributed by atoms with Gasteiger partial charge < -0.3 is 19.3 Å². The summed E-state index contributed by atoms with van der Waals surface area (Å²) in [5.74, 6) is 2.17. The smallest absolute Gasteiger partial charge is 0.231 e. The normalized spacial score (nSPS) is 18.0. The van der Waals surface area contributed by atoms with Gasteiger partial charge in [-0.15, -0.1) is 0 Å². The van der Waals surface area contributed by atoms with Crippen molar-refractivity contribution in [3.8, 4) is 17.2 Å². The Kier molecular flexibility index (Phi) is 6.67. The quantitative estimate of drug-likeness (QED) is 0.715. The minimum Gasteiger partial charge on any atom is -0.489 e. The van der Waals surface area contributed by atoms with Crippen molar-refractivity contribution in [3.63, 3.8) is 0 Å². The molecular formula is C21H24Cl2N2O4. The Balaban J connectivity index is 1.19. The highest BCUT2D eigenvalue weighted by Crippen LogP contribution is 2.33. The Morgan fingerprint density at radius 1 is 0.966 bits per heavy atom. The maximum Gasteiger partial charge on any atom is 0.231 e. The third-order valence-corrected chi connectivity index (χ3v) is 5.63. The Bertz CT molecular complexity index is 843. The molecule has 2 aliphatic rings. The molecule has 2 heterocycles. The first-order valence-electron chi connectivity index (χ1n) is 9.66. The van der Waals surface area contributed by atoms with Crippen LogP contribution in [0.1, 0.15) is 5.56 Å². The molecule has 0 unspecified atom stereocenters. The van der Waals surface area contributed by atoms with Gasteiger partial charge in [-0.1, -0.05) is 29.3 Å². The van der Waals surface area contributed by atoms with E-state index in [1.165, 1.54) is 5.56 Å². The van der Waals surface area contributed by atoms with Crippen LogP contribution in [0.15, 0.2) is 36.4 Å². The molecule has 29 heavy (non-hydrogen) atoms. The van der Waals surface area contributed by atoms with Gasteiger partial charge in [-0.3, -0.25) is 9.80 Å². The zero-order chi connectivity index (χ0) is 20.2. The van der Waals surface area contributed by atoms with Crippen LogP contribution in [0.2, 0.25) is 10.0 Å². The van der Waals surface area contributed by atoms with Crippen molar-refractivity contribution in [2.75, 3.05) is 46.1 Å². The van der Waals surface area contributed by atoms with Crippen LogP contribution in [0.3, 0.4) is 0 Å². The van der Waals surface area contributed by atoms with Crippen LogP contribution in [0.4, 0.5) is 0 Å². The fourth-order valence-electron chi connectivity index (χ4n) is 3.56. The summed E-state index contributed by atoms with van der Waals surface area (Å²) in [5.41, 5.74) is 1.22. The molecule has 0 saturated carbocycles. The van der Waals surface area contributed by atoms with Gasteiger partial charge in [-0.05, 0) is 35.9 Å². The molecule has 6 nitrogen and oxygen atoms in total. The highest BCUT2D eigenvalue weighted by Gasteiger charge is 2.21. The molecule has 8 heteroatoms. The van der Waals surface area contributed by atoms with Gasteiger partial charge >= 0.3 is 0 Å². The van der Waals surface area contributed by atoms with Gasteiger partial charge in [0.15, 0.2) is 11.5 Å². The first-order chi connectivity index (χ1) is 14.1. The highest BCUT2D eigenvalue weighted by atomic mass is 35.5. The van der Waals surface area contributed by atoms with Gasteiger partial charge in [-0.2, -0.15) is 0 Å². The lowest BCUT2D eigenvalue weighted by atomic mass is 10.1. The minimum atomic E-state index is -0.581. The number of halogens is 2. The number of fused-ring (bicyclic) bond motifs is 1. The van der Waals surface area contributed by atoms with E-state index in [1.54, 1.807) is 18.2 Å². The second-order valence-electron chi connectivity index (χ2n) is 7.30. The monoisotopic (exact) mass is 438 g/mol. The number of aliphatic hydroxyl groups is 1. The predicted octanol–water partition coefficient (Wildman–Crippen LogP) is 3.28. The molecule has 0 aliphatic carbocycles. The molecule has 1 atom stereocenters. The minimum absolute atomic E-state index is 0.193. The fraction of sp³-hybridized carbons (Fsp3) is 0.429. The van der Waals surface area contributed by atoms with Gasteiger partial charge in [-0.25, -0.2) is 0 Å². The second kappa shape index (κ2) is 9.41. The van der Waals surface area contributed by atoms with Crippen molar-refractivity contribution in [1.82, 2.24) is 9.80 Å². The molecule has 2 aromatic carbocycles. The Labute approximate surface area is 180 Å². The summed E-state index contributed by atoms with van der Waals surface area (Å²) in [6.45, 7) is 5.66. The maximum absolute atomic E-state index is 10.3. The molecule has 2 aliphatic heterocycles. The Hall–Kier alpha value is -1.70. The van der Waals surface area contributed by atoms with Crippen molar-refractivity contribution in [2.24, 2.45) is 0 Å². The SMILES string of the molecule is O[C@@H](COc1ccc(Cl)cc1Cl)CN1CCN(Cc2ccc3c(c2)OCO3)CC1. The summed E-state index contributed by atoms with van der Waals surface area (Å²) in [4.78, 5) is 4.66. The summed E-state index contributed by atoms with van der Waals surface area (Å²) >= 11 is 12.0. The number of rotatable bonds is 7. The number of piperazine rings is 1. The molecule has 156 valence electrons. The largest absolute Gasteiger partial charge is 0.489 e. The molecule has 0 aromatic heterocycles. The molecule has 2 aromatic rings. The molecule has 0 bridgehead atoms. The van der Waals surface area contributed by atoms with Gasteiger partial charge in [0.25, 0.3) is 0 Å². The summed E-state index contributed by atoms with van der Waals surface area (Å²) in [6, 6.07) is 11.2. The molecule has 0 amide bonds. The van der Waals surface area contributed by atoms with E-state index < -0.39 is 6.10 Å². The Morgan fingerprint density at radius 3 is 2.52 bits per heavy atom. The third-order valence-electron chi connectivity index (χ3n) is 5.10. The zero-order valence-corrected chi connectivity index (χ0v) is 17.5. The number of β-amino-alcohol motifs (C(OH)–C–C–N with tert-alkyl or cyclic N) is 1. The predicted molar refractivity (Wildman–Crippen MR) is 112 cm³/mol. The van der Waals surface area contributed by atoms with Crippen LogP contribution < -0.4 is 14.2 Å². The standard InChI is InChI=1S/C21H24Cl2N2O4/c22-16-2-4-19(18(23)10-16)27-13-17(26)12-25-7-5-24(6-8-25)11-15-1-3-20-21(9-15)29-14-28-20/h1-4,9-10,17,26H,5-8,11-14H2/t17-/m1/s1. The molecule has 0 radical (unpaired) electrons. The van der Waals surface area contributed by atoms with Crippen LogP contribution >= 0.6 is 23.2 Å². The average molecular weight is 439 g/mol. The number of hydrogen-bond acceptors (Lipinski definition) is 6. The van der Waals surface area contributed by atoms with Crippen molar-refractivity contribution < 1.29 is 19.3 Å². The van der Waals surface area contributed by atoms with E-state index in [1.807, 2.05) is 6.07 Å². The lowest BCUT2D eigenvalue weighted by Crippen LogP contribution is -2.48. The van der Waals surface area contributed by atoms with Crippen LogP contribution in [0, 0.1) is 0 Å².